The molecule has 0 saturated heterocycles. The zero-order valence-corrected chi connectivity index (χ0v) is 15.0. The fourth-order valence-electron chi connectivity index (χ4n) is 2.06. The largest absolute Gasteiger partial charge is 0.348 e. The van der Waals surface area contributed by atoms with Crippen molar-refractivity contribution in [2.75, 3.05) is 6.54 Å². The molecule has 0 saturated carbocycles. The molecular formula is C17H15Cl3N2O2. The molecule has 1 atom stereocenters. The van der Waals surface area contributed by atoms with E-state index in [4.69, 9.17) is 34.8 Å². The summed E-state index contributed by atoms with van der Waals surface area (Å²) in [6.07, 6.45) is 0. The van der Waals surface area contributed by atoms with Crippen molar-refractivity contribution in [3.05, 3.63) is 68.7 Å². The molecule has 0 fully saturated rings. The molecule has 7 heteroatoms. The molecule has 2 aromatic rings. The third-order valence-electron chi connectivity index (χ3n) is 3.33. The molecule has 0 spiro atoms. The first kappa shape index (κ1) is 18.6. The molecule has 2 aromatic carbocycles. The monoisotopic (exact) mass is 384 g/mol. The van der Waals surface area contributed by atoms with Crippen LogP contribution in [0.3, 0.4) is 0 Å². The van der Waals surface area contributed by atoms with E-state index in [1.54, 1.807) is 18.2 Å². The highest BCUT2D eigenvalue weighted by molar-refractivity contribution is 6.36. The summed E-state index contributed by atoms with van der Waals surface area (Å²) in [4.78, 5) is 24.0. The van der Waals surface area contributed by atoms with Gasteiger partial charge < -0.3 is 10.6 Å². The predicted octanol–water partition coefficient (Wildman–Crippen LogP) is 4.25. The summed E-state index contributed by atoms with van der Waals surface area (Å²) in [7, 11) is 0. The van der Waals surface area contributed by atoms with Gasteiger partial charge in [0.25, 0.3) is 5.91 Å². The molecule has 0 aromatic heterocycles. The maximum absolute atomic E-state index is 12.0. The van der Waals surface area contributed by atoms with E-state index >= 15 is 0 Å². The summed E-state index contributed by atoms with van der Waals surface area (Å²) in [5, 5.41) is 6.62. The van der Waals surface area contributed by atoms with E-state index in [9.17, 15) is 9.59 Å². The molecule has 4 nitrogen and oxygen atoms in total. The van der Waals surface area contributed by atoms with Gasteiger partial charge in [-0.25, -0.2) is 0 Å². The van der Waals surface area contributed by atoms with Gasteiger partial charge in [-0.2, -0.15) is 0 Å². The van der Waals surface area contributed by atoms with Crippen molar-refractivity contribution in [3.63, 3.8) is 0 Å². The van der Waals surface area contributed by atoms with E-state index in [0.29, 0.717) is 10.0 Å². The van der Waals surface area contributed by atoms with Crippen molar-refractivity contribution in [2.45, 2.75) is 13.0 Å². The summed E-state index contributed by atoms with van der Waals surface area (Å²) >= 11 is 17.6. The Balaban J connectivity index is 1.88. The van der Waals surface area contributed by atoms with Crippen molar-refractivity contribution in [1.82, 2.24) is 10.6 Å². The van der Waals surface area contributed by atoms with Gasteiger partial charge in [0.1, 0.15) is 0 Å². The van der Waals surface area contributed by atoms with Crippen LogP contribution in [0.2, 0.25) is 15.1 Å². The fraction of sp³-hybridized carbons (Fsp3) is 0.176. The summed E-state index contributed by atoms with van der Waals surface area (Å²) in [5.74, 6) is -0.748. The van der Waals surface area contributed by atoms with E-state index in [1.165, 1.54) is 12.1 Å². The van der Waals surface area contributed by atoms with Crippen LogP contribution in [0.4, 0.5) is 0 Å². The molecule has 0 aliphatic carbocycles. The minimum absolute atomic E-state index is 0.157. The number of carbonyl (C=O) groups is 2. The molecule has 24 heavy (non-hydrogen) atoms. The second kappa shape index (κ2) is 8.38. The molecule has 0 aliphatic heterocycles. The molecule has 2 N–H and O–H groups in total. The first-order valence-corrected chi connectivity index (χ1v) is 8.28. The maximum Gasteiger partial charge on any atom is 0.253 e. The zero-order valence-electron chi connectivity index (χ0n) is 12.8. The highest BCUT2D eigenvalue weighted by Gasteiger charge is 2.14. The second-order valence-electron chi connectivity index (χ2n) is 5.15. The summed E-state index contributed by atoms with van der Waals surface area (Å²) in [6, 6.07) is 11.5. The summed E-state index contributed by atoms with van der Waals surface area (Å²) in [5.41, 5.74) is 1.18. The number of hydrogen-bond acceptors (Lipinski definition) is 2. The number of carbonyl (C=O) groups excluding carboxylic acids is 2. The Morgan fingerprint density at radius 2 is 1.62 bits per heavy atom. The SMILES string of the molecule is CC(NC(=O)CNC(=O)c1ccc(Cl)cc1Cl)c1ccc(Cl)cc1. The standard InChI is InChI=1S/C17H15Cl3N2O2/c1-10(11-2-4-12(18)5-3-11)22-16(23)9-21-17(24)14-7-6-13(19)8-15(14)20/h2-8,10H,9H2,1H3,(H,21,24)(H,22,23). The van der Waals surface area contributed by atoms with Gasteiger partial charge in [0.15, 0.2) is 0 Å². The fourth-order valence-corrected chi connectivity index (χ4v) is 2.68. The van der Waals surface area contributed by atoms with E-state index in [1.807, 2.05) is 19.1 Å². The lowest BCUT2D eigenvalue weighted by Crippen LogP contribution is -2.38. The van der Waals surface area contributed by atoms with Gasteiger partial charge in [0.05, 0.1) is 23.2 Å². The summed E-state index contributed by atoms with van der Waals surface area (Å²) < 4.78 is 0. The number of amides is 2. The van der Waals surface area contributed by atoms with Gasteiger partial charge in [-0.05, 0) is 42.8 Å². The maximum atomic E-state index is 12.0. The molecule has 0 heterocycles. The number of nitrogens with one attached hydrogen (secondary N) is 2. The van der Waals surface area contributed by atoms with Crippen molar-refractivity contribution in [3.8, 4) is 0 Å². The Bertz CT molecular complexity index is 748. The van der Waals surface area contributed by atoms with Crippen LogP contribution in [0.15, 0.2) is 42.5 Å². The van der Waals surface area contributed by atoms with Crippen LogP contribution in [0.5, 0.6) is 0 Å². The third kappa shape index (κ3) is 5.13. The molecule has 0 bridgehead atoms. The third-order valence-corrected chi connectivity index (χ3v) is 4.13. The predicted molar refractivity (Wildman–Crippen MR) is 96.8 cm³/mol. The van der Waals surface area contributed by atoms with E-state index in [-0.39, 0.29) is 29.1 Å². The van der Waals surface area contributed by atoms with Gasteiger partial charge in [0, 0.05) is 10.0 Å². The van der Waals surface area contributed by atoms with Gasteiger partial charge >= 0.3 is 0 Å². The van der Waals surface area contributed by atoms with Gasteiger partial charge in [-0.15, -0.1) is 0 Å². The molecular weight excluding hydrogens is 371 g/mol. The second-order valence-corrected chi connectivity index (χ2v) is 6.43. The van der Waals surface area contributed by atoms with Crippen LogP contribution in [-0.4, -0.2) is 18.4 Å². The van der Waals surface area contributed by atoms with Crippen LogP contribution in [0, 0.1) is 0 Å². The normalized spacial score (nSPS) is 11.7. The zero-order chi connectivity index (χ0) is 17.7. The molecule has 2 rings (SSSR count). The minimum atomic E-state index is -0.439. The van der Waals surface area contributed by atoms with Gasteiger partial charge in [-0.1, -0.05) is 46.9 Å². The molecule has 126 valence electrons. The first-order valence-electron chi connectivity index (χ1n) is 7.15. The Kier molecular flexibility index (Phi) is 6.49. The lowest BCUT2D eigenvalue weighted by Gasteiger charge is -2.15. The van der Waals surface area contributed by atoms with Crippen molar-refractivity contribution in [1.29, 1.82) is 0 Å². The number of benzene rings is 2. The minimum Gasteiger partial charge on any atom is -0.348 e. The van der Waals surface area contributed by atoms with Crippen LogP contribution in [-0.2, 0) is 4.79 Å². The van der Waals surface area contributed by atoms with Crippen LogP contribution in [0.25, 0.3) is 0 Å². The van der Waals surface area contributed by atoms with Gasteiger partial charge in [0.2, 0.25) is 5.91 Å². The molecule has 0 aliphatic rings. The quantitative estimate of drug-likeness (QED) is 0.808. The highest BCUT2D eigenvalue weighted by atomic mass is 35.5. The van der Waals surface area contributed by atoms with Crippen molar-refractivity contribution >= 4 is 46.6 Å². The van der Waals surface area contributed by atoms with Crippen LogP contribution in [0.1, 0.15) is 28.9 Å². The molecule has 2 amide bonds. The average molecular weight is 386 g/mol. The Morgan fingerprint density at radius 1 is 1.00 bits per heavy atom. The smallest absolute Gasteiger partial charge is 0.253 e. The molecule has 0 radical (unpaired) electrons. The number of rotatable bonds is 5. The lowest BCUT2D eigenvalue weighted by molar-refractivity contribution is -0.120. The Labute approximate surface area is 155 Å². The van der Waals surface area contributed by atoms with Gasteiger partial charge in [-0.3, -0.25) is 9.59 Å². The van der Waals surface area contributed by atoms with E-state index in [2.05, 4.69) is 10.6 Å². The number of halogens is 3. The van der Waals surface area contributed by atoms with Crippen molar-refractivity contribution in [2.24, 2.45) is 0 Å². The topological polar surface area (TPSA) is 58.2 Å². The Morgan fingerprint density at radius 3 is 2.25 bits per heavy atom. The Hall–Kier alpha value is -1.75. The van der Waals surface area contributed by atoms with Crippen molar-refractivity contribution < 1.29 is 9.59 Å². The lowest BCUT2D eigenvalue weighted by atomic mass is 10.1. The van der Waals surface area contributed by atoms with Crippen LogP contribution >= 0.6 is 34.8 Å². The molecule has 1 unspecified atom stereocenters. The van der Waals surface area contributed by atoms with Crippen LogP contribution < -0.4 is 10.6 Å². The number of hydrogen-bond donors (Lipinski definition) is 2. The average Bonchev–Trinajstić information content (AvgIpc) is 2.53. The first-order chi connectivity index (χ1) is 11.4. The van der Waals surface area contributed by atoms with E-state index in [0.717, 1.165) is 5.56 Å². The summed E-state index contributed by atoms with van der Waals surface area (Å²) in [6.45, 7) is 1.69. The van der Waals surface area contributed by atoms with E-state index < -0.39 is 5.91 Å². The highest BCUT2D eigenvalue weighted by Crippen LogP contribution is 2.20.